The fourth-order valence-corrected chi connectivity index (χ4v) is 1.34. The van der Waals surface area contributed by atoms with Crippen molar-refractivity contribution >= 4 is 5.91 Å². The molecule has 96 valence electrons. The number of ether oxygens (including phenoxy) is 1. The summed E-state index contributed by atoms with van der Waals surface area (Å²) in [5.74, 6) is -0.0643. The molecule has 0 saturated carbocycles. The molecular formula is C12H25NO3. The molecule has 0 bridgehead atoms. The lowest BCUT2D eigenvalue weighted by Crippen LogP contribution is -2.36. The summed E-state index contributed by atoms with van der Waals surface area (Å²) < 4.78 is 5.14. The first-order chi connectivity index (χ1) is 7.52. The number of aliphatic hydroxyl groups excluding tert-OH is 1. The molecule has 0 saturated heterocycles. The Bertz CT molecular complexity index is 193. The van der Waals surface area contributed by atoms with Gasteiger partial charge in [-0.15, -0.1) is 0 Å². The maximum absolute atomic E-state index is 11.4. The number of aliphatic hydroxyl groups is 1. The fraction of sp³-hybridized carbons (Fsp3) is 0.917. The maximum atomic E-state index is 11.4. The number of hydrogen-bond acceptors (Lipinski definition) is 3. The highest BCUT2D eigenvalue weighted by atomic mass is 16.5. The standard InChI is InChI=1S/C12H25NO3/c1-4-8-16-9-11(15)13-10-12(2,3)6-5-7-14/h14H,4-10H2,1-3H3,(H,13,15). The van der Waals surface area contributed by atoms with Crippen LogP contribution in [0.1, 0.15) is 40.0 Å². The monoisotopic (exact) mass is 231 g/mol. The average Bonchev–Trinajstić information content (AvgIpc) is 2.24. The van der Waals surface area contributed by atoms with Crippen molar-refractivity contribution in [3.8, 4) is 0 Å². The predicted molar refractivity (Wildman–Crippen MR) is 64.2 cm³/mol. The molecule has 0 aromatic carbocycles. The van der Waals surface area contributed by atoms with E-state index in [0.717, 1.165) is 19.3 Å². The van der Waals surface area contributed by atoms with Crippen molar-refractivity contribution in [2.24, 2.45) is 5.41 Å². The van der Waals surface area contributed by atoms with E-state index in [1.54, 1.807) is 0 Å². The van der Waals surface area contributed by atoms with E-state index in [0.29, 0.717) is 13.2 Å². The van der Waals surface area contributed by atoms with E-state index in [1.165, 1.54) is 0 Å². The number of nitrogens with one attached hydrogen (secondary N) is 1. The third-order valence-corrected chi connectivity index (χ3v) is 2.36. The zero-order valence-corrected chi connectivity index (χ0v) is 10.7. The molecule has 0 unspecified atom stereocenters. The first-order valence-corrected chi connectivity index (χ1v) is 5.97. The summed E-state index contributed by atoms with van der Waals surface area (Å²) in [6.45, 7) is 7.77. The number of carbonyl (C=O) groups is 1. The zero-order chi connectivity index (χ0) is 12.4. The van der Waals surface area contributed by atoms with Crippen molar-refractivity contribution in [1.29, 1.82) is 0 Å². The zero-order valence-electron chi connectivity index (χ0n) is 10.7. The van der Waals surface area contributed by atoms with Crippen LogP contribution < -0.4 is 5.32 Å². The smallest absolute Gasteiger partial charge is 0.246 e. The Morgan fingerprint density at radius 1 is 1.44 bits per heavy atom. The van der Waals surface area contributed by atoms with Gasteiger partial charge in [-0.2, -0.15) is 0 Å². The summed E-state index contributed by atoms with van der Waals surface area (Å²) in [7, 11) is 0. The minimum Gasteiger partial charge on any atom is -0.396 e. The summed E-state index contributed by atoms with van der Waals surface area (Å²) in [6, 6.07) is 0. The third-order valence-electron chi connectivity index (χ3n) is 2.36. The van der Waals surface area contributed by atoms with E-state index >= 15 is 0 Å². The van der Waals surface area contributed by atoms with E-state index in [2.05, 4.69) is 19.2 Å². The van der Waals surface area contributed by atoms with Crippen molar-refractivity contribution in [3.05, 3.63) is 0 Å². The highest BCUT2D eigenvalue weighted by molar-refractivity contribution is 5.77. The van der Waals surface area contributed by atoms with Gasteiger partial charge in [0.2, 0.25) is 5.91 Å². The second-order valence-electron chi connectivity index (χ2n) is 4.82. The fourth-order valence-electron chi connectivity index (χ4n) is 1.34. The quantitative estimate of drug-likeness (QED) is 0.589. The van der Waals surface area contributed by atoms with Gasteiger partial charge in [-0.1, -0.05) is 20.8 Å². The van der Waals surface area contributed by atoms with E-state index in [1.807, 2.05) is 6.92 Å². The van der Waals surface area contributed by atoms with Crippen LogP contribution in [0, 0.1) is 5.41 Å². The summed E-state index contributed by atoms with van der Waals surface area (Å²) in [5, 5.41) is 11.6. The summed E-state index contributed by atoms with van der Waals surface area (Å²) >= 11 is 0. The van der Waals surface area contributed by atoms with Gasteiger partial charge in [-0.25, -0.2) is 0 Å². The first kappa shape index (κ1) is 15.4. The molecule has 4 nitrogen and oxygen atoms in total. The Morgan fingerprint density at radius 3 is 2.69 bits per heavy atom. The maximum Gasteiger partial charge on any atom is 0.246 e. The SMILES string of the molecule is CCCOCC(=O)NCC(C)(C)CCCO. The molecule has 0 radical (unpaired) electrons. The summed E-state index contributed by atoms with van der Waals surface area (Å²) in [4.78, 5) is 11.4. The number of rotatable bonds is 9. The van der Waals surface area contributed by atoms with Gasteiger partial charge in [0.15, 0.2) is 0 Å². The van der Waals surface area contributed by atoms with Crippen molar-refractivity contribution in [3.63, 3.8) is 0 Å². The molecule has 0 aromatic heterocycles. The molecule has 0 aromatic rings. The van der Waals surface area contributed by atoms with Crippen LogP contribution in [-0.4, -0.2) is 37.4 Å². The molecule has 0 rings (SSSR count). The lowest BCUT2D eigenvalue weighted by atomic mass is 9.88. The Morgan fingerprint density at radius 2 is 2.12 bits per heavy atom. The predicted octanol–water partition coefficient (Wildman–Crippen LogP) is 1.33. The molecule has 16 heavy (non-hydrogen) atoms. The topological polar surface area (TPSA) is 58.6 Å². The average molecular weight is 231 g/mol. The Labute approximate surface area is 98.4 Å². The van der Waals surface area contributed by atoms with Crippen molar-refractivity contribution in [2.45, 2.75) is 40.0 Å². The first-order valence-electron chi connectivity index (χ1n) is 5.97. The minimum absolute atomic E-state index is 0.0309. The third kappa shape index (κ3) is 8.68. The molecule has 1 amide bonds. The van der Waals surface area contributed by atoms with Crippen LogP contribution >= 0.6 is 0 Å². The van der Waals surface area contributed by atoms with Crippen LogP contribution in [0.4, 0.5) is 0 Å². The molecule has 0 heterocycles. The Hall–Kier alpha value is -0.610. The van der Waals surface area contributed by atoms with Crippen LogP contribution in [0.25, 0.3) is 0 Å². The molecule has 0 aliphatic rings. The van der Waals surface area contributed by atoms with Crippen molar-refractivity contribution < 1.29 is 14.6 Å². The van der Waals surface area contributed by atoms with E-state index in [9.17, 15) is 4.79 Å². The lowest BCUT2D eigenvalue weighted by Gasteiger charge is -2.24. The molecule has 0 aliphatic heterocycles. The Balaban J connectivity index is 3.64. The van der Waals surface area contributed by atoms with E-state index in [4.69, 9.17) is 9.84 Å². The highest BCUT2D eigenvalue weighted by Gasteiger charge is 2.18. The van der Waals surface area contributed by atoms with Gasteiger partial charge in [-0.05, 0) is 24.7 Å². The molecule has 0 atom stereocenters. The van der Waals surface area contributed by atoms with Crippen LogP contribution in [0.15, 0.2) is 0 Å². The molecule has 0 fully saturated rings. The second-order valence-corrected chi connectivity index (χ2v) is 4.82. The summed E-state index contributed by atoms with van der Waals surface area (Å²) in [6.07, 6.45) is 2.60. The normalized spacial score (nSPS) is 11.5. The second kappa shape index (κ2) is 8.53. The van der Waals surface area contributed by atoms with Crippen LogP contribution in [0.3, 0.4) is 0 Å². The van der Waals surface area contributed by atoms with Crippen LogP contribution in [-0.2, 0) is 9.53 Å². The highest BCUT2D eigenvalue weighted by Crippen LogP contribution is 2.20. The van der Waals surface area contributed by atoms with Gasteiger partial charge in [0, 0.05) is 19.8 Å². The minimum atomic E-state index is -0.0643. The van der Waals surface area contributed by atoms with Gasteiger partial charge in [-0.3, -0.25) is 4.79 Å². The Kier molecular flexibility index (Phi) is 8.21. The molecule has 2 N–H and O–H groups in total. The molecule has 0 aliphatic carbocycles. The van der Waals surface area contributed by atoms with E-state index < -0.39 is 0 Å². The lowest BCUT2D eigenvalue weighted by molar-refractivity contribution is -0.126. The number of amides is 1. The summed E-state index contributed by atoms with van der Waals surface area (Å²) in [5.41, 5.74) is 0.0309. The molecular weight excluding hydrogens is 206 g/mol. The van der Waals surface area contributed by atoms with Gasteiger partial charge < -0.3 is 15.2 Å². The number of hydrogen-bond donors (Lipinski definition) is 2. The van der Waals surface area contributed by atoms with Crippen molar-refractivity contribution in [1.82, 2.24) is 5.32 Å². The largest absolute Gasteiger partial charge is 0.396 e. The van der Waals surface area contributed by atoms with Gasteiger partial charge in [0.1, 0.15) is 6.61 Å². The molecule has 4 heteroatoms. The van der Waals surface area contributed by atoms with Gasteiger partial charge in [0.25, 0.3) is 0 Å². The van der Waals surface area contributed by atoms with E-state index in [-0.39, 0.29) is 24.5 Å². The van der Waals surface area contributed by atoms with Gasteiger partial charge >= 0.3 is 0 Å². The van der Waals surface area contributed by atoms with Crippen LogP contribution in [0.5, 0.6) is 0 Å². The molecule has 0 spiro atoms. The van der Waals surface area contributed by atoms with Crippen LogP contribution in [0.2, 0.25) is 0 Å². The van der Waals surface area contributed by atoms with Crippen molar-refractivity contribution in [2.75, 3.05) is 26.4 Å². The van der Waals surface area contributed by atoms with Gasteiger partial charge in [0.05, 0.1) is 0 Å². The number of carbonyl (C=O) groups excluding carboxylic acids is 1.